The third kappa shape index (κ3) is 3.54. The topological polar surface area (TPSA) is 32.3 Å². The molecule has 2 rings (SSSR count). The molecule has 1 aromatic rings. The van der Waals surface area contributed by atoms with Crippen LogP contribution in [0.4, 0.5) is 0 Å². The first-order valence-corrected chi connectivity index (χ1v) is 8.04. The first-order chi connectivity index (χ1) is 9.49. The van der Waals surface area contributed by atoms with Crippen LogP contribution in [0.2, 0.25) is 0 Å². The van der Waals surface area contributed by atoms with Gasteiger partial charge in [0.1, 0.15) is 5.75 Å². The van der Waals surface area contributed by atoms with E-state index < -0.39 is 0 Å². The van der Waals surface area contributed by atoms with Crippen LogP contribution in [0, 0.1) is 18.8 Å². The second kappa shape index (κ2) is 6.62. The van der Waals surface area contributed by atoms with Crippen LogP contribution in [0.15, 0.2) is 18.2 Å². The number of hydrogen-bond donors (Lipinski definition) is 2. The Bertz CT molecular complexity index is 441. The summed E-state index contributed by atoms with van der Waals surface area (Å²) in [6.07, 6.45) is 5.29. The van der Waals surface area contributed by atoms with Crippen molar-refractivity contribution in [3.05, 3.63) is 29.3 Å². The molecule has 2 N–H and O–H groups in total. The lowest BCUT2D eigenvalue weighted by atomic mass is 9.77. The maximum Gasteiger partial charge on any atom is 0.120 e. The molecule has 0 aliphatic heterocycles. The zero-order valence-electron chi connectivity index (χ0n) is 13.3. The predicted molar refractivity (Wildman–Crippen MR) is 85.0 cm³/mol. The minimum Gasteiger partial charge on any atom is -0.508 e. The molecule has 0 heterocycles. The van der Waals surface area contributed by atoms with Crippen molar-refractivity contribution in [2.75, 3.05) is 0 Å². The summed E-state index contributed by atoms with van der Waals surface area (Å²) in [5.74, 6) is 1.90. The summed E-state index contributed by atoms with van der Waals surface area (Å²) in [5, 5.41) is 13.8. The van der Waals surface area contributed by atoms with E-state index in [1.165, 1.54) is 31.2 Å². The van der Waals surface area contributed by atoms with Crippen LogP contribution in [0.1, 0.15) is 63.6 Å². The second-order valence-electron chi connectivity index (χ2n) is 6.75. The normalized spacial score (nSPS) is 24.9. The highest BCUT2D eigenvalue weighted by atomic mass is 16.3. The fourth-order valence-electron chi connectivity index (χ4n) is 3.60. The maximum absolute atomic E-state index is 10.1. The van der Waals surface area contributed by atoms with Gasteiger partial charge in [0.25, 0.3) is 0 Å². The molecule has 0 spiro atoms. The van der Waals surface area contributed by atoms with Gasteiger partial charge in [-0.25, -0.2) is 0 Å². The number of benzene rings is 1. The Morgan fingerprint density at radius 3 is 2.55 bits per heavy atom. The summed E-state index contributed by atoms with van der Waals surface area (Å²) in [6.45, 7) is 8.91. The molecule has 112 valence electrons. The highest BCUT2D eigenvalue weighted by molar-refractivity contribution is 5.37. The van der Waals surface area contributed by atoms with Gasteiger partial charge >= 0.3 is 0 Å². The zero-order valence-corrected chi connectivity index (χ0v) is 13.3. The number of nitrogens with one attached hydrogen (secondary N) is 1. The molecule has 2 heteroatoms. The van der Waals surface area contributed by atoms with E-state index in [9.17, 15) is 5.11 Å². The Hall–Kier alpha value is -1.02. The summed E-state index contributed by atoms with van der Waals surface area (Å²) < 4.78 is 0. The van der Waals surface area contributed by atoms with E-state index in [0.29, 0.717) is 11.8 Å². The molecule has 1 aliphatic rings. The maximum atomic E-state index is 10.1. The minimum absolute atomic E-state index is 0.208. The van der Waals surface area contributed by atoms with Gasteiger partial charge in [0.05, 0.1) is 0 Å². The number of phenolic OH excluding ortho intramolecular Hbond substituents is 1. The van der Waals surface area contributed by atoms with Crippen LogP contribution in [-0.4, -0.2) is 11.1 Å². The van der Waals surface area contributed by atoms with Crippen molar-refractivity contribution in [2.24, 2.45) is 11.8 Å². The van der Waals surface area contributed by atoms with Gasteiger partial charge in [0.15, 0.2) is 0 Å². The molecule has 3 atom stereocenters. The lowest BCUT2D eigenvalue weighted by molar-refractivity contribution is 0.194. The molecule has 1 fully saturated rings. The van der Waals surface area contributed by atoms with Crippen molar-refractivity contribution in [1.82, 2.24) is 5.32 Å². The average Bonchev–Trinajstić information content (AvgIpc) is 2.41. The van der Waals surface area contributed by atoms with E-state index in [1.807, 2.05) is 12.1 Å². The third-order valence-corrected chi connectivity index (χ3v) is 4.79. The monoisotopic (exact) mass is 275 g/mol. The fraction of sp³-hybridized carbons (Fsp3) is 0.667. The largest absolute Gasteiger partial charge is 0.508 e. The highest BCUT2D eigenvalue weighted by Gasteiger charge is 2.28. The van der Waals surface area contributed by atoms with Crippen LogP contribution in [-0.2, 0) is 0 Å². The third-order valence-electron chi connectivity index (χ3n) is 4.79. The summed E-state index contributed by atoms with van der Waals surface area (Å²) >= 11 is 0. The molecular weight excluding hydrogens is 246 g/mol. The zero-order chi connectivity index (χ0) is 14.7. The van der Waals surface area contributed by atoms with Crippen molar-refractivity contribution in [3.63, 3.8) is 0 Å². The smallest absolute Gasteiger partial charge is 0.120 e. The number of hydrogen-bond acceptors (Lipinski definition) is 2. The lowest BCUT2D eigenvalue weighted by Gasteiger charge is -2.37. The molecule has 20 heavy (non-hydrogen) atoms. The molecule has 0 saturated heterocycles. The first kappa shape index (κ1) is 15.4. The molecular formula is C18H29NO. The SMILES string of the molecule is Cc1ccc(O)c(C(C)NC2CCCCC2C(C)C)c1. The summed E-state index contributed by atoms with van der Waals surface area (Å²) in [7, 11) is 0. The Labute approximate surface area is 123 Å². The minimum atomic E-state index is 0.208. The van der Waals surface area contributed by atoms with Crippen molar-refractivity contribution < 1.29 is 5.11 Å². The highest BCUT2D eigenvalue weighted by Crippen LogP contribution is 2.33. The van der Waals surface area contributed by atoms with Crippen molar-refractivity contribution in [1.29, 1.82) is 0 Å². The Morgan fingerprint density at radius 2 is 1.85 bits per heavy atom. The predicted octanol–water partition coefficient (Wildman–Crippen LogP) is 4.57. The van der Waals surface area contributed by atoms with Crippen molar-refractivity contribution in [3.8, 4) is 5.75 Å². The van der Waals surface area contributed by atoms with Gasteiger partial charge in [-0.05, 0) is 44.6 Å². The average molecular weight is 275 g/mol. The van der Waals surface area contributed by atoms with Gasteiger partial charge in [0, 0.05) is 17.6 Å². The van der Waals surface area contributed by atoms with Gasteiger partial charge in [-0.1, -0.05) is 44.4 Å². The van der Waals surface area contributed by atoms with Gasteiger partial charge in [0.2, 0.25) is 0 Å². The van der Waals surface area contributed by atoms with E-state index in [4.69, 9.17) is 0 Å². The van der Waals surface area contributed by atoms with Crippen LogP contribution >= 0.6 is 0 Å². The molecule has 1 saturated carbocycles. The quantitative estimate of drug-likeness (QED) is 0.844. The summed E-state index contributed by atoms with van der Waals surface area (Å²) in [5.41, 5.74) is 2.23. The molecule has 0 aromatic heterocycles. The number of phenols is 1. The van der Waals surface area contributed by atoms with E-state index in [1.54, 1.807) is 0 Å². The van der Waals surface area contributed by atoms with E-state index in [2.05, 4.69) is 39.1 Å². The van der Waals surface area contributed by atoms with Crippen LogP contribution in [0.5, 0.6) is 5.75 Å². The Kier molecular flexibility index (Phi) is 5.09. The number of aryl methyl sites for hydroxylation is 1. The molecule has 2 nitrogen and oxygen atoms in total. The van der Waals surface area contributed by atoms with Gasteiger partial charge in [-0.3, -0.25) is 0 Å². The molecule has 3 unspecified atom stereocenters. The standard InChI is InChI=1S/C18H29NO/c1-12(2)15-7-5-6-8-17(15)19-14(4)16-11-13(3)9-10-18(16)20/h9-12,14-15,17,19-20H,5-8H2,1-4H3. The summed E-state index contributed by atoms with van der Waals surface area (Å²) in [4.78, 5) is 0. The first-order valence-electron chi connectivity index (χ1n) is 8.04. The lowest BCUT2D eigenvalue weighted by Crippen LogP contribution is -2.42. The molecule has 1 aliphatic carbocycles. The molecule has 0 amide bonds. The fourth-order valence-corrected chi connectivity index (χ4v) is 3.60. The molecule has 1 aromatic carbocycles. The number of rotatable bonds is 4. The van der Waals surface area contributed by atoms with E-state index in [-0.39, 0.29) is 6.04 Å². The van der Waals surface area contributed by atoms with Crippen LogP contribution in [0.25, 0.3) is 0 Å². The Balaban J connectivity index is 2.09. The number of aromatic hydroxyl groups is 1. The van der Waals surface area contributed by atoms with Crippen LogP contribution < -0.4 is 5.32 Å². The molecule has 0 radical (unpaired) electrons. The Morgan fingerprint density at radius 1 is 1.15 bits per heavy atom. The summed E-state index contributed by atoms with van der Waals surface area (Å²) in [6, 6.07) is 6.66. The van der Waals surface area contributed by atoms with Gasteiger partial charge < -0.3 is 10.4 Å². The van der Waals surface area contributed by atoms with E-state index >= 15 is 0 Å². The second-order valence-corrected chi connectivity index (χ2v) is 6.75. The van der Waals surface area contributed by atoms with Crippen LogP contribution in [0.3, 0.4) is 0 Å². The van der Waals surface area contributed by atoms with Gasteiger partial charge in [-0.2, -0.15) is 0 Å². The van der Waals surface area contributed by atoms with Gasteiger partial charge in [-0.15, -0.1) is 0 Å². The van der Waals surface area contributed by atoms with Crippen molar-refractivity contribution >= 4 is 0 Å². The van der Waals surface area contributed by atoms with Crippen molar-refractivity contribution in [2.45, 2.75) is 65.5 Å². The molecule has 0 bridgehead atoms. The van der Waals surface area contributed by atoms with E-state index in [0.717, 1.165) is 17.4 Å².